The number of fused-ring (bicyclic) bond motifs is 10. The van der Waals surface area contributed by atoms with Gasteiger partial charge in [-0.25, -0.2) is 8.78 Å². The van der Waals surface area contributed by atoms with Crippen molar-refractivity contribution >= 4 is 17.1 Å². The maximum Gasteiger partial charge on any atom is 0.131 e. The molecule has 0 amide bonds. The minimum absolute atomic E-state index is 0.348. The van der Waals surface area contributed by atoms with Crippen molar-refractivity contribution in [1.29, 1.82) is 0 Å². The molecule has 0 atom stereocenters. The number of nitrogens with zero attached hydrogens (tertiary/aromatic N) is 1. The Hall–Kier alpha value is -7.36. The average molecular weight is 776 g/mol. The Labute approximate surface area is 349 Å². The molecule has 0 saturated heterocycles. The molecule has 2 aliphatic rings. The maximum atomic E-state index is 16.2. The van der Waals surface area contributed by atoms with E-state index in [2.05, 4.69) is 170 Å². The summed E-state index contributed by atoms with van der Waals surface area (Å²) in [5.41, 5.74) is 17.8. The molecule has 0 radical (unpaired) electrons. The fourth-order valence-corrected chi connectivity index (χ4v) is 10.1. The second kappa shape index (κ2) is 13.9. The fourth-order valence-electron chi connectivity index (χ4n) is 10.1. The van der Waals surface area contributed by atoms with E-state index in [1.807, 2.05) is 24.3 Å². The van der Waals surface area contributed by atoms with Crippen LogP contribution in [0.15, 0.2) is 200 Å². The molecular formula is C57H39F2N. The number of benzene rings is 9. The zero-order valence-electron chi connectivity index (χ0n) is 33.3. The lowest BCUT2D eigenvalue weighted by molar-refractivity contribution is 0.617. The van der Waals surface area contributed by atoms with Crippen LogP contribution in [0.4, 0.5) is 25.8 Å². The van der Waals surface area contributed by atoms with Crippen molar-refractivity contribution in [2.45, 2.75) is 19.3 Å². The smallest absolute Gasteiger partial charge is 0.131 e. The molecule has 1 nitrogen and oxygen atoms in total. The van der Waals surface area contributed by atoms with Crippen LogP contribution in [0, 0.1) is 25.5 Å². The lowest BCUT2D eigenvalue weighted by Crippen LogP contribution is -2.27. The Balaban J connectivity index is 1.10. The van der Waals surface area contributed by atoms with Crippen LogP contribution in [0.25, 0.3) is 55.6 Å². The van der Waals surface area contributed by atoms with Gasteiger partial charge in [0.15, 0.2) is 0 Å². The van der Waals surface area contributed by atoms with E-state index in [1.165, 1.54) is 17.7 Å². The summed E-state index contributed by atoms with van der Waals surface area (Å²) in [5.74, 6) is -0.824. The topological polar surface area (TPSA) is 3.24 Å². The number of aryl methyl sites for hydroxylation is 2. The van der Waals surface area contributed by atoms with Crippen molar-refractivity contribution in [3.63, 3.8) is 0 Å². The molecule has 2 aliphatic carbocycles. The summed E-state index contributed by atoms with van der Waals surface area (Å²) in [4.78, 5) is 2.31. The lowest BCUT2D eigenvalue weighted by Gasteiger charge is -2.32. The van der Waals surface area contributed by atoms with Crippen molar-refractivity contribution in [2.75, 3.05) is 4.90 Å². The van der Waals surface area contributed by atoms with Crippen molar-refractivity contribution in [2.24, 2.45) is 0 Å². The SMILES string of the molecule is Cc1cccc2c1-c1c(C)ccc(-c3ccc(N(c4ccc(-c5ccccc5)cc4)c4cccc(-c5ccccc5)c4)cc3)c1C21c2cccc(F)c2-c2c(F)cccc21. The summed E-state index contributed by atoms with van der Waals surface area (Å²) in [5, 5.41) is 0. The van der Waals surface area contributed by atoms with Crippen LogP contribution in [0.2, 0.25) is 0 Å². The third kappa shape index (κ3) is 5.29. The second-order valence-electron chi connectivity index (χ2n) is 16.0. The molecule has 0 N–H and O–H groups in total. The van der Waals surface area contributed by atoms with Crippen LogP contribution in [-0.4, -0.2) is 0 Å². The largest absolute Gasteiger partial charge is 0.310 e. The van der Waals surface area contributed by atoms with Gasteiger partial charge in [-0.2, -0.15) is 0 Å². The molecule has 9 aromatic carbocycles. The summed E-state index contributed by atoms with van der Waals surface area (Å²) in [6.45, 7) is 4.30. The van der Waals surface area contributed by atoms with Gasteiger partial charge in [-0.3, -0.25) is 0 Å². The first-order valence-electron chi connectivity index (χ1n) is 20.5. The fraction of sp³-hybridized carbons (Fsp3) is 0.0526. The minimum atomic E-state index is -0.921. The van der Waals surface area contributed by atoms with E-state index in [9.17, 15) is 0 Å². The van der Waals surface area contributed by atoms with E-state index in [1.54, 1.807) is 12.1 Å². The van der Waals surface area contributed by atoms with E-state index in [-0.39, 0.29) is 0 Å². The van der Waals surface area contributed by atoms with E-state index in [0.717, 1.165) is 89.4 Å². The summed E-state index contributed by atoms with van der Waals surface area (Å²) < 4.78 is 32.4. The predicted octanol–water partition coefficient (Wildman–Crippen LogP) is 15.4. The highest BCUT2D eigenvalue weighted by atomic mass is 19.1. The molecule has 1 spiro atoms. The molecule has 0 bridgehead atoms. The Morgan fingerprint density at radius 2 is 0.817 bits per heavy atom. The molecular weight excluding hydrogens is 737 g/mol. The Bertz CT molecular complexity index is 3040. The normalized spacial score (nSPS) is 12.8. The van der Waals surface area contributed by atoms with Gasteiger partial charge in [0.25, 0.3) is 0 Å². The van der Waals surface area contributed by atoms with Gasteiger partial charge in [0.1, 0.15) is 11.6 Å². The highest BCUT2D eigenvalue weighted by Gasteiger charge is 2.55. The quantitative estimate of drug-likeness (QED) is 0.163. The highest BCUT2D eigenvalue weighted by Crippen LogP contribution is 2.66. The number of anilines is 3. The minimum Gasteiger partial charge on any atom is -0.310 e. The van der Waals surface area contributed by atoms with Gasteiger partial charge in [0.2, 0.25) is 0 Å². The molecule has 0 unspecified atom stereocenters. The third-order valence-corrected chi connectivity index (χ3v) is 12.7. The number of rotatable bonds is 6. The third-order valence-electron chi connectivity index (χ3n) is 12.7. The van der Waals surface area contributed by atoms with E-state index in [4.69, 9.17) is 0 Å². The zero-order chi connectivity index (χ0) is 40.5. The van der Waals surface area contributed by atoms with E-state index >= 15 is 8.78 Å². The molecule has 0 aromatic heterocycles. The number of hydrogen-bond acceptors (Lipinski definition) is 1. The first-order chi connectivity index (χ1) is 29.4. The molecule has 0 saturated carbocycles. The molecule has 11 rings (SSSR count). The van der Waals surface area contributed by atoms with E-state index in [0.29, 0.717) is 11.1 Å². The average Bonchev–Trinajstić information content (AvgIpc) is 3.78. The van der Waals surface area contributed by atoms with Crippen LogP contribution >= 0.6 is 0 Å². The zero-order valence-corrected chi connectivity index (χ0v) is 33.3. The molecule has 0 heterocycles. The van der Waals surface area contributed by atoms with Crippen molar-refractivity contribution < 1.29 is 8.78 Å². The first kappa shape index (κ1) is 35.8. The number of halogens is 2. The van der Waals surface area contributed by atoms with Gasteiger partial charge in [0, 0.05) is 28.2 Å². The lowest BCUT2D eigenvalue weighted by atomic mass is 9.68. The summed E-state index contributed by atoms with van der Waals surface area (Å²) in [7, 11) is 0. The molecule has 286 valence electrons. The molecule has 0 aliphatic heterocycles. The Morgan fingerprint density at radius 3 is 1.42 bits per heavy atom. The monoisotopic (exact) mass is 775 g/mol. The van der Waals surface area contributed by atoms with Crippen molar-refractivity contribution in [3.05, 3.63) is 245 Å². The van der Waals surface area contributed by atoms with Gasteiger partial charge in [-0.1, -0.05) is 152 Å². The number of hydrogen-bond donors (Lipinski definition) is 0. The van der Waals surface area contributed by atoms with Crippen molar-refractivity contribution in [1.82, 2.24) is 0 Å². The maximum absolute atomic E-state index is 16.2. The standard InChI is InChI=1S/C57H39F2N/c1-36-13-9-20-47-52(36)53-37(2)25-34-46(56(53)57(47)48-21-11-23-50(58)54(48)55-49(57)22-12-24-51(55)59)41-28-32-44(33-29-41)60(43-30-26-40(27-31-43)38-14-5-3-6-15-38)45-19-10-18-42(35-45)39-16-7-4-8-17-39/h3-35H,1-2H3. The Kier molecular flexibility index (Phi) is 8.28. The molecule has 0 fully saturated rings. The van der Waals surface area contributed by atoms with Gasteiger partial charge in [-0.05, 0) is 140 Å². The van der Waals surface area contributed by atoms with Gasteiger partial charge in [0.05, 0.1) is 5.41 Å². The van der Waals surface area contributed by atoms with Gasteiger partial charge < -0.3 is 4.90 Å². The van der Waals surface area contributed by atoms with Gasteiger partial charge >= 0.3 is 0 Å². The van der Waals surface area contributed by atoms with Crippen LogP contribution < -0.4 is 4.90 Å². The first-order valence-corrected chi connectivity index (χ1v) is 20.5. The van der Waals surface area contributed by atoms with Gasteiger partial charge in [-0.15, -0.1) is 0 Å². The predicted molar refractivity (Wildman–Crippen MR) is 243 cm³/mol. The molecule has 3 heteroatoms. The summed E-state index contributed by atoms with van der Waals surface area (Å²) >= 11 is 0. The van der Waals surface area contributed by atoms with Crippen molar-refractivity contribution in [3.8, 4) is 55.6 Å². The summed E-state index contributed by atoms with van der Waals surface area (Å²) in [6.07, 6.45) is 0. The van der Waals surface area contributed by atoms with Crippen LogP contribution in [0.5, 0.6) is 0 Å². The Morgan fingerprint density at radius 1 is 0.350 bits per heavy atom. The van der Waals surface area contributed by atoms with E-state index < -0.39 is 17.0 Å². The second-order valence-corrected chi connectivity index (χ2v) is 16.0. The van der Waals surface area contributed by atoms with Crippen LogP contribution in [0.3, 0.4) is 0 Å². The molecule has 9 aromatic rings. The highest BCUT2D eigenvalue weighted by molar-refractivity contribution is 6.00. The van der Waals surface area contributed by atoms with Crippen LogP contribution in [-0.2, 0) is 5.41 Å². The van der Waals surface area contributed by atoms with Crippen LogP contribution in [0.1, 0.15) is 33.4 Å². The molecule has 60 heavy (non-hydrogen) atoms. The summed E-state index contributed by atoms with van der Waals surface area (Å²) in [6, 6.07) is 68.4.